The van der Waals surface area contributed by atoms with E-state index in [-0.39, 0.29) is 12.1 Å². The summed E-state index contributed by atoms with van der Waals surface area (Å²) in [5, 5.41) is 3.23. The molecule has 0 radical (unpaired) electrons. The number of rotatable bonds is 4. The van der Waals surface area contributed by atoms with Gasteiger partial charge in [0.05, 0.1) is 42.1 Å². The Morgan fingerprint density at radius 3 is 2.61 bits per heavy atom. The molecule has 152 valence electrons. The van der Waals surface area contributed by atoms with Gasteiger partial charge in [-0.3, -0.25) is 9.36 Å². The van der Waals surface area contributed by atoms with Crippen molar-refractivity contribution in [1.82, 2.24) is 14.5 Å². The largest absolute Gasteiger partial charge is 0.465 e. The summed E-state index contributed by atoms with van der Waals surface area (Å²) in [7, 11) is 1.35. The maximum Gasteiger partial charge on any atom is 0.340 e. The van der Waals surface area contributed by atoms with E-state index in [1.807, 2.05) is 60.0 Å². The normalized spacial score (nSPS) is 11.1. The SMILES string of the molecule is COC(=O)c1c(Cn2cnc3sccc3c2=O)nc2ccccc2c1-c1ccccc1. The summed E-state index contributed by atoms with van der Waals surface area (Å²) in [5.41, 5.74) is 3.00. The van der Waals surface area contributed by atoms with Crippen molar-refractivity contribution in [3.8, 4) is 11.1 Å². The van der Waals surface area contributed by atoms with Gasteiger partial charge in [-0.2, -0.15) is 0 Å². The second-order valence-electron chi connectivity index (χ2n) is 7.00. The minimum absolute atomic E-state index is 0.104. The number of nitrogens with zero attached hydrogens (tertiary/aromatic N) is 3. The average Bonchev–Trinajstić information content (AvgIpc) is 3.30. The molecule has 0 unspecified atom stereocenters. The van der Waals surface area contributed by atoms with Gasteiger partial charge >= 0.3 is 5.97 Å². The molecule has 0 saturated carbocycles. The number of para-hydroxylation sites is 1. The van der Waals surface area contributed by atoms with E-state index in [1.54, 1.807) is 6.07 Å². The van der Waals surface area contributed by atoms with E-state index in [0.717, 1.165) is 22.0 Å². The van der Waals surface area contributed by atoms with E-state index in [9.17, 15) is 9.59 Å². The standard InChI is InChI=1S/C24H17N3O3S/c1-30-24(29)21-19(13-27-14-25-22-17(23(27)28)11-12-31-22)26-18-10-6-5-9-16(18)20(21)15-7-3-2-4-8-15/h2-12,14H,13H2,1H3. The molecule has 6 nitrogen and oxygen atoms in total. The number of aromatic nitrogens is 3. The molecule has 0 N–H and O–H groups in total. The molecule has 0 fully saturated rings. The topological polar surface area (TPSA) is 74.1 Å². The first-order valence-electron chi connectivity index (χ1n) is 9.65. The molecular weight excluding hydrogens is 410 g/mol. The number of fused-ring (bicyclic) bond motifs is 2. The molecule has 31 heavy (non-hydrogen) atoms. The van der Waals surface area contributed by atoms with E-state index < -0.39 is 5.97 Å². The van der Waals surface area contributed by atoms with Crippen LogP contribution in [0.4, 0.5) is 0 Å². The van der Waals surface area contributed by atoms with Crippen molar-refractivity contribution < 1.29 is 9.53 Å². The molecule has 5 aromatic rings. The molecule has 3 heterocycles. The number of carbonyl (C=O) groups is 1. The molecule has 0 aliphatic carbocycles. The minimum atomic E-state index is -0.496. The van der Waals surface area contributed by atoms with Gasteiger partial charge in [0.1, 0.15) is 4.83 Å². The Labute approximate surface area is 181 Å². The van der Waals surface area contributed by atoms with Crippen LogP contribution in [0, 0.1) is 0 Å². The van der Waals surface area contributed by atoms with Crippen molar-refractivity contribution in [3.05, 3.63) is 94.0 Å². The second kappa shape index (κ2) is 7.77. The smallest absolute Gasteiger partial charge is 0.340 e. The van der Waals surface area contributed by atoms with Gasteiger partial charge in [-0.1, -0.05) is 48.5 Å². The zero-order chi connectivity index (χ0) is 21.4. The second-order valence-corrected chi connectivity index (χ2v) is 7.89. The van der Waals surface area contributed by atoms with Crippen molar-refractivity contribution >= 4 is 38.4 Å². The summed E-state index contributed by atoms with van der Waals surface area (Å²) < 4.78 is 6.61. The summed E-state index contributed by atoms with van der Waals surface area (Å²) in [4.78, 5) is 35.7. The van der Waals surface area contributed by atoms with Gasteiger partial charge in [0.2, 0.25) is 0 Å². The Balaban J connectivity index is 1.80. The maximum atomic E-state index is 13.0. The first-order chi connectivity index (χ1) is 15.2. The summed E-state index contributed by atoms with van der Waals surface area (Å²) in [5.74, 6) is -0.496. The number of hydrogen-bond acceptors (Lipinski definition) is 6. The van der Waals surface area contributed by atoms with E-state index in [0.29, 0.717) is 21.5 Å². The molecule has 0 bridgehead atoms. The molecule has 0 atom stereocenters. The molecule has 0 aliphatic heterocycles. The van der Waals surface area contributed by atoms with Crippen LogP contribution in [0.25, 0.3) is 32.2 Å². The molecule has 7 heteroatoms. The highest BCUT2D eigenvalue weighted by Gasteiger charge is 2.23. The summed E-state index contributed by atoms with van der Waals surface area (Å²) in [6, 6.07) is 19.1. The monoisotopic (exact) mass is 427 g/mol. The fourth-order valence-corrected chi connectivity index (χ4v) is 4.49. The summed E-state index contributed by atoms with van der Waals surface area (Å²) in [6.07, 6.45) is 1.50. The van der Waals surface area contributed by atoms with Crippen molar-refractivity contribution in [2.24, 2.45) is 0 Å². The molecule has 0 spiro atoms. The highest BCUT2D eigenvalue weighted by molar-refractivity contribution is 7.16. The zero-order valence-electron chi connectivity index (χ0n) is 16.6. The van der Waals surface area contributed by atoms with Gasteiger partial charge in [0.25, 0.3) is 5.56 Å². The third kappa shape index (κ3) is 3.29. The van der Waals surface area contributed by atoms with Crippen LogP contribution in [0.5, 0.6) is 0 Å². The van der Waals surface area contributed by atoms with E-state index in [2.05, 4.69) is 4.98 Å². The number of hydrogen-bond donors (Lipinski definition) is 0. The van der Waals surface area contributed by atoms with Gasteiger partial charge in [-0.15, -0.1) is 11.3 Å². The first-order valence-corrected chi connectivity index (χ1v) is 10.5. The van der Waals surface area contributed by atoms with Crippen LogP contribution in [-0.2, 0) is 11.3 Å². The summed E-state index contributed by atoms with van der Waals surface area (Å²) in [6.45, 7) is 0.104. The Morgan fingerprint density at radius 2 is 1.81 bits per heavy atom. The number of pyridine rings is 1. The summed E-state index contributed by atoms with van der Waals surface area (Å²) >= 11 is 1.42. The fourth-order valence-electron chi connectivity index (χ4n) is 3.77. The van der Waals surface area contributed by atoms with E-state index in [4.69, 9.17) is 9.72 Å². The predicted molar refractivity (Wildman–Crippen MR) is 122 cm³/mol. The lowest BCUT2D eigenvalue weighted by Crippen LogP contribution is -2.23. The van der Waals surface area contributed by atoms with Crippen LogP contribution in [0.1, 0.15) is 16.1 Å². The molecule has 3 aromatic heterocycles. The third-order valence-electron chi connectivity index (χ3n) is 5.19. The lowest BCUT2D eigenvalue weighted by Gasteiger charge is -2.17. The average molecular weight is 427 g/mol. The molecular formula is C24H17N3O3S. The maximum absolute atomic E-state index is 13.0. The van der Waals surface area contributed by atoms with Crippen molar-refractivity contribution in [1.29, 1.82) is 0 Å². The quantitative estimate of drug-likeness (QED) is 0.395. The highest BCUT2D eigenvalue weighted by atomic mass is 32.1. The van der Waals surface area contributed by atoms with Gasteiger partial charge in [0, 0.05) is 10.9 Å². The van der Waals surface area contributed by atoms with Gasteiger partial charge in [-0.05, 0) is 23.1 Å². The number of methoxy groups -OCH3 is 1. The van der Waals surface area contributed by atoms with Crippen molar-refractivity contribution in [2.45, 2.75) is 6.54 Å². The Bertz CT molecular complexity index is 1490. The lowest BCUT2D eigenvalue weighted by molar-refractivity contribution is 0.0600. The zero-order valence-corrected chi connectivity index (χ0v) is 17.4. The highest BCUT2D eigenvalue weighted by Crippen LogP contribution is 2.34. The Kier molecular flexibility index (Phi) is 4.80. The molecule has 0 saturated heterocycles. The molecule has 5 rings (SSSR count). The van der Waals surface area contributed by atoms with Crippen molar-refractivity contribution in [2.75, 3.05) is 7.11 Å². The van der Waals surface area contributed by atoms with Gasteiger partial charge in [-0.25, -0.2) is 14.8 Å². The van der Waals surface area contributed by atoms with Crippen LogP contribution < -0.4 is 5.56 Å². The third-order valence-corrected chi connectivity index (χ3v) is 6.01. The molecule has 2 aromatic carbocycles. The van der Waals surface area contributed by atoms with Gasteiger partial charge in [0.15, 0.2) is 0 Å². The Hall–Kier alpha value is -3.84. The predicted octanol–water partition coefficient (Wildman–Crippen LogP) is 4.51. The Morgan fingerprint density at radius 1 is 1.03 bits per heavy atom. The number of carbonyl (C=O) groups excluding carboxylic acids is 1. The number of ether oxygens (including phenoxy) is 1. The van der Waals surface area contributed by atoms with Crippen LogP contribution in [0.15, 0.2) is 77.2 Å². The first kappa shape index (κ1) is 19.1. The lowest BCUT2D eigenvalue weighted by atomic mass is 9.94. The van der Waals surface area contributed by atoms with Crippen LogP contribution in [0.2, 0.25) is 0 Å². The minimum Gasteiger partial charge on any atom is -0.465 e. The van der Waals surface area contributed by atoms with E-state index >= 15 is 0 Å². The van der Waals surface area contributed by atoms with E-state index in [1.165, 1.54) is 29.3 Å². The van der Waals surface area contributed by atoms with Crippen LogP contribution >= 0.6 is 11.3 Å². The number of esters is 1. The van der Waals surface area contributed by atoms with Crippen LogP contribution in [0.3, 0.4) is 0 Å². The number of thiophene rings is 1. The van der Waals surface area contributed by atoms with Gasteiger partial charge < -0.3 is 4.74 Å². The molecule has 0 amide bonds. The van der Waals surface area contributed by atoms with Crippen LogP contribution in [-0.4, -0.2) is 27.6 Å². The fraction of sp³-hybridized carbons (Fsp3) is 0.0833. The van der Waals surface area contributed by atoms with Crippen molar-refractivity contribution in [3.63, 3.8) is 0 Å². The molecule has 0 aliphatic rings. The number of benzene rings is 2.